The molecule has 0 spiro atoms. The van der Waals surface area contributed by atoms with Gasteiger partial charge in [-0.2, -0.15) is 0 Å². The zero-order valence-electron chi connectivity index (χ0n) is 11.4. The van der Waals surface area contributed by atoms with E-state index in [-0.39, 0.29) is 24.2 Å². The Kier molecular flexibility index (Phi) is 5.40. The first-order chi connectivity index (χ1) is 7.88. The van der Waals surface area contributed by atoms with Crippen LogP contribution in [0.25, 0.3) is 0 Å². The summed E-state index contributed by atoms with van der Waals surface area (Å²) in [5, 5.41) is 3.00. The number of hydrogen-bond donors (Lipinski definition) is 1. The van der Waals surface area contributed by atoms with Gasteiger partial charge in [0.25, 0.3) is 0 Å². The molecule has 1 fully saturated rings. The van der Waals surface area contributed by atoms with E-state index in [1.165, 1.54) is 0 Å². The molecule has 0 aromatic carbocycles. The number of nitrogens with one attached hydrogen (secondary N) is 1. The van der Waals surface area contributed by atoms with Gasteiger partial charge < -0.3 is 14.8 Å². The molecule has 1 heterocycles. The minimum absolute atomic E-state index is 0.0288. The molecule has 1 aliphatic heterocycles. The van der Waals surface area contributed by atoms with Gasteiger partial charge in [-0.3, -0.25) is 4.79 Å². The third-order valence-electron chi connectivity index (χ3n) is 3.00. The van der Waals surface area contributed by atoms with Crippen molar-refractivity contribution in [2.24, 2.45) is 5.92 Å². The van der Waals surface area contributed by atoms with Crippen LogP contribution in [0, 0.1) is 5.92 Å². The highest BCUT2D eigenvalue weighted by molar-refractivity contribution is 5.77. The number of amides is 1. The van der Waals surface area contributed by atoms with E-state index in [0.717, 1.165) is 26.1 Å². The van der Waals surface area contributed by atoms with E-state index >= 15 is 0 Å². The molecule has 1 atom stereocenters. The summed E-state index contributed by atoms with van der Waals surface area (Å²) >= 11 is 0. The first-order valence-corrected chi connectivity index (χ1v) is 6.39. The second-order valence-electron chi connectivity index (χ2n) is 5.71. The monoisotopic (exact) mass is 243 g/mol. The smallest absolute Gasteiger partial charge is 0.246 e. The van der Waals surface area contributed by atoms with Crippen LogP contribution < -0.4 is 5.32 Å². The average Bonchev–Trinajstić information content (AvgIpc) is 2.27. The van der Waals surface area contributed by atoms with Gasteiger partial charge in [0.05, 0.1) is 5.60 Å². The van der Waals surface area contributed by atoms with Crippen LogP contribution >= 0.6 is 0 Å². The van der Waals surface area contributed by atoms with Crippen LogP contribution in [0.3, 0.4) is 0 Å². The summed E-state index contributed by atoms with van der Waals surface area (Å²) < 4.78 is 10.8. The van der Waals surface area contributed by atoms with Gasteiger partial charge in [0.1, 0.15) is 6.61 Å². The summed E-state index contributed by atoms with van der Waals surface area (Å²) in [6.45, 7) is 9.65. The summed E-state index contributed by atoms with van der Waals surface area (Å²) in [7, 11) is 0. The molecule has 100 valence electrons. The zero-order chi connectivity index (χ0) is 12.9. The Morgan fingerprint density at radius 2 is 2.00 bits per heavy atom. The number of carbonyl (C=O) groups excluding carboxylic acids is 1. The summed E-state index contributed by atoms with van der Waals surface area (Å²) in [6.07, 6.45) is 2.06. The first-order valence-electron chi connectivity index (χ1n) is 6.39. The normalized spacial score (nSPS) is 20.0. The maximum absolute atomic E-state index is 11.7. The fourth-order valence-corrected chi connectivity index (χ4v) is 1.91. The minimum atomic E-state index is -0.265. The molecule has 1 rings (SSSR count). The van der Waals surface area contributed by atoms with Gasteiger partial charge >= 0.3 is 0 Å². The number of carbonyl (C=O) groups is 1. The van der Waals surface area contributed by atoms with Crippen LogP contribution in [-0.4, -0.2) is 37.4 Å². The van der Waals surface area contributed by atoms with Gasteiger partial charge in [0, 0.05) is 19.3 Å². The molecule has 0 aromatic heterocycles. The third-order valence-corrected chi connectivity index (χ3v) is 3.00. The van der Waals surface area contributed by atoms with Gasteiger partial charge in [0.15, 0.2) is 0 Å². The molecule has 1 amide bonds. The second kappa shape index (κ2) is 6.36. The first kappa shape index (κ1) is 14.5. The molecule has 0 bridgehead atoms. The summed E-state index contributed by atoms with van der Waals surface area (Å²) in [5.41, 5.74) is -0.265. The quantitative estimate of drug-likeness (QED) is 0.818. The highest BCUT2D eigenvalue weighted by atomic mass is 16.5. The molecule has 0 aromatic rings. The molecule has 4 nitrogen and oxygen atoms in total. The lowest BCUT2D eigenvalue weighted by atomic mass is 9.93. The zero-order valence-corrected chi connectivity index (χ0v) is 11.4. The molecular formula is C13H25NO3. The highest BCUT2D eigenvalue weighted by Gasteiger charge is 2.22. The number of hydrogen-bond acceptors (Lipinski definition) is 3. The Morgan fingerprint density at radius 3 is 2.53 bits per heavy atom. The van der Waals surface area contributed by atoms with Crippen molar-refractivity contribution in [1.29, 1.82) is 0 Å². The van der Waals surface area contributed by atoms with Crippen molar-refractivity contribution in [2.75, 3.05) is 19.8 Å². The van der Waals surface area contributed by atoms with Crippen molar-refractivity contribution in [3.63, 3.8) is 0 Å². The largest absolute Gasteiger partial charge is 0.381 e. The lowest BCUT2D eigenvalue weighted by molar-refractivity contribution is -0.131. The van der Waals surface area contributed by atoms with Crippen molar-refractivity contribution in [2.45, 2.75) is 52.2 Å². The Labute approximate surface area is 104 Å². The molecule has 1 unspecified atom stereocenters. The molecule has 1 aliphatic rings. The molecule has 0 aliphatic carbocycles. The Bertz CT molecular complexity index is 242. The molecule has 4 heteroatoms. The fraction of sp³-hybridized carbons (Fsp3) is 0.923. The summed E-state index contributed by atoms with van der Waals surface area (Å²) in [6, 6.07) is 0.204. The van der Waals surface area contributed by atoms with Crippen LogP contribution in [0.5, 0.6) is 0 Å². The second-order valence-corrected chi connectivity index (χ2v) is 5.71. The lowest BCUT2D eigenvalue weighted by Gasteiger charge is -2.28. The van der Waals surface area contributed by atoms with Gasteiger partial charge in [-0.25, -0.2) is 0 Å². The number of ether oxygens (including phenoxy) is 2. The Hall–Kier alpha value is -0.610. The standard InChI is InChI=1S/C13H25NO3/c1-10(11-5-7-16-8-6-11)14-12(15)9-17-13(2,3)4/h10-11H,5-9H2,1-4H3,(H,14,15). The summed E-state index contributed by atoms with van der Waals surface area (Å²) in [4.78, 5) is 11.7. The van der Waals surface area contributed by atoms with Gasteiger partial charge in [0.2, 0.25) is 5.91 Å². The lowest BCUT2D eigenvalue weighted by Crippen LogP contribution is -2.42. The molecular weight excluding hydrogens is 218 g/mol. The highest BCUT2D eigenvalue weighted by Crippen LogP contribution is 2.18. The maximum Gasteiger partial charge on any atom is 0.246 e. The molecule has 1 N–H and O–H groups in total. The van der Waals surface area contributed by atoms with Crippen molar-refractivity contribution in [1.82, 2.24) is 5.32 Å². The van der Waals surface area contributed by atoms with Crippen LogP contribution in [0.1, 0.15) is 40.5 Å². The van der Waals surface area contributed by atoms with Crippen molar-refractivity contribution in [3.8, 4) is 0 Å². The summed E-state index contributed by atoms with van der Waals surface area (Å²) in [5.74, 6) is 0.501. The van der Waals surface area contributed by atoms with E-state index in [2.05, 4.69) is 12.2 Å². The van der Waals surface area contributed by atoms with Crippen LogP contribution in [0.2, 0.25) is 0 Å². The van der Waals surface area contributed by atoms with Gasteiger partial charge in [-0.15, -0.1) is 0 Å². The Balaban J connectivity index is 2.25. The van der Waals surface area contributed by atoms with Crippen LogP contribution in [0.15, 0.2) is 0 Å². The predicted octanol–water partition coefficient (Wildman–Crippen LogP) is 1.73. The van der Waals surface area contributed by atoms with Crippen molar-refractivity contribution < 1.29 is 14.3 Å². The van der Waals surface area contributed by atoms with E-state index < -0.39 is 0 Å². The van der Waals surface area contributed by atoms with E-state index in [9.17, 15) is 4.79 Å². The molecule has 0 saturated carbocycles. The van der Waals surface area contributed by atoms with Gasteiger partial charge in [-0.1, -0.05) is 0 Å². The predicted molar refractivity (Wildman–Crippen MR) is 66.9 cm³/mol. The molecule has 1 saturated heterocycles. The molecule has 17 heavy (non-hydrogen) atoms. The van der Waals surface area contributed by atoms with E-state index in [1.807, 2.05) is 20.8 Å². The Morgan fingerprint density at radius 1 is 1.41 bits per heavy atom. The SMILES string of the molecule is CC(NC(=O)COC(C)(C)C)C1CCOCC1. The average molecular weight is 243 g/mol. The van der Waals surface area contributed by atoms with Gasteiger partial charge in [-0.05, 0) is 46.5 Å². The minimum Gasteiger partial charge on any atom is -0.381 e. The molecule has 0 radical (unpaired) electrons. The fourth-order valence-electron chi connectivity index (χ4n) is 1.91. The maximum atomic E-state index is 11.7. The van der Waals surface area contributed by atoms with Crippen molar-refractivity contribution in [3.05, 3.63) is 0 Å². The van der Waals surface area contributed by atoms with Crippen LogP contribution in [0.4, 0.5) is 0 Å². The number of rotatable bonds is 4. The van der Waals surface area contributed by atoms with Crippen molar-refractivity contribution >= 4 is 5.91 Å². The van der Waals surface area contributed by atoms with E-state index in [0.29, 0.717) is 5.92 Å². The van der Waals surface area contributed by atoms with Crippen LogP contribution in [-0.2, 0) is 14.3 Å². The van der Waals surface area contributed by atoms with E-state index in [4.69, 9.17) is 9.47 Å². The van der Waals surface area contributed by atoms with E-state index in [1.54, 1.807) is 0 Å². The topological polar surface area (TPSA) is 47.6 Å². The third kappa shape index (κ3) is 6.03.